The monoisotopic (exact) mass is 877 g/mol. The average Bonchev–Trinajstić information content (AvgIpc) is 4.17. The third kappa shape index (κ3) is 4.75. The highest BCUT2D eigenvalue weighted by molar-refractivity contribution is 7.27. The number of nitrogens with zero attached hydrogens (tertiary/aromatic N) is 5. The van der Waals surface area contributed by atoms with Crippen LogP contribution in [0.1, 0.15) is 30.5 Å². The number of para-hydroxylation sites is 4. The zero-order chi connectivity index (χ0) is 44.0. The summed E-state index contributed by atoms with van der Waals surface area (Å²) >= 11 is 3.63. The van der Waals surface area contributed by atoms with Crippen LogP contribution in [0.2, 0.25) is 0 Å². The molecule has 5 nitrogen and oxygen atoms in total. The first-order valence-corrected chi connectivity index (χ1v) is 23.8. The van der Waals surface area contributed by atoms with Gasteiger partial charge in [0, 0.05) is 89.3 Å². The van der Waals surface area contributed by atoms with Crippen LogP contribution in [0.3, 0.4) is 0 Å². The predicted molar refractivity (Wildman–Crippen MR) is 278 cm³/mol. The summed E-state index contributed by atoms with van der Waals surface area (Å²) in [7, 11) is 0. The van der Waals surface area contributed by atoms with Gasteiger partial charge in [-0.05, 0) is 68.4 Å². The van der Waals surface area contributed by atoms with E-state index in [1.54, 1.807) is 0 Å². The molecule has 0 saturated heterocycles. The normalized spacial score (nSPS) is 12.4. The van der Waals surface area contributed by atoms with Gasteiger partial charge in [-0.1, -0.05) is 121 Å². The molecule has 0 bridgehead atoms. The number of benzene rings is 9. The molecule has 0 spiro atoms. The molecular weight excluding hydrogens is 843 g/mol. The van der Waals surface area contributed by atoms with Crippen molar-refractivity contribution >= 4 is 128 Å². The van der Waals surface area contributed by atoms with Crippen LogP contribution in [-0.4, -0.2) is 13.7 Å². The van der Waals surface area contributed by atoms with Gasteiger partial charge >= 0.3 is 0 Å². The van der Waals surface area contributed by atoms with E-state index in [2.05, 4.69) is 216 Å². The van der Waals surface area contributed by atoms with E-state index >= 15 is 0 Å². The molecule has 9 aromatic carbocycles. The molecule has 0 fully saturated rings. The van der Waals surface area contributed by atoms with E-state index in [0.29, 0.717) is 16.7 Å². The molecule has 5 aromatic heterocycles. The van der Waals surface area contributed by atoms with Crippen LogP contribution < -0.4 is 0 Å². The van der Waals surface area contributed by atoms with Gasteiger partial charge in [0.25, 0.3) is 0 Å². The second kappa shape index (κ2) is 13.4. The molecule has 0 aliphatic carbocycles. The Kier molecular flexibility index (Phi) is 7.56. The van der Waals surface area contributed by atoms with Gasteiger partial charge in [-0.15, -0.1) is 22.7 Å². The van der Waals surface area contributed by atoms with E-state index in [4.69, 9.17) is 0 Å². The van der Waals surface area contributed by atoms with Gasteiger partial charge in [0.2, 0.25) is 0 Å². The largest absolute Gasteiger partial charge is 0.331 e. The highest BCUT2D eigenvalue weighted by Gasteiger charge is 2.37. The van der Waals surface area contributed by atoms with Gasteiger partial charge in [0.1, 0.15) is 12.1 Å². The van der Waals surface area contributed by atoms with Crippen molar-refractivity contribution in [2.24, 2.45) is 0 Å². The van der Waals surface area contributed by atoms with E-state index < -0.39 is 5.54 Å². The average molecular weight is 878 g/mol. The lowest BCUT2D eigenvalue weighted by atomic mass is 9.83. The highest BCUT2D eigenvalue weighted by atomic mass is 32.1. The highest BCUT2D eigenvalue weighted by Crippen LogP contribution is 2.49. The number of rotatable bonds is 4. The predicted octanol–water partition coefficient (Wildman–Crippen LogP) is 16.3. The zero-order valence-electron chi connectivity index (χ0n) is 35.8. The van der Waals surface area contributed by atoms with Crippen LogP contribution in [-0.2, 0) is 5.54 Å². The zero-order valence-corrected chi connectivity index (χ0v) is 37.4. The molecule has 0 aliphatic heterocycles. The quantitative estimate of drug-likeness (QED) is 0.177. The van der Waals surface area contributed by atoms with Crippen LogP contribution in [0, 0.1) is 22.7 Å². The maximum atomic E-state index is 11.9. The van der Waals surface area contributed by atoms with Gasteiger partial charge < -0.3 is 13.7 Å². The summed E-state index contributed by atoms with van der Waals surface area (Å²) in [5.41, 5.74) is 8.25. The molecule has 0 atom stereocenters. The fraction of sp³-hybridized carbons (Fsp3) is 0.0508. The molecule has 0 N–H and O–H groups in total. The van der Waals surface area contributed by atoms with Crippen molar-refractivity contribution in [1.29, 1.82) is 10.5 Å². The first-order chi connectivity index (χ1) is 32.5. The Bertz CT molecular complexity index is 4260. The van der Waals surface area contributed by atoms with Crippen molar-refractivity contribution in [2.45, 2.75) is 19.4 Å². The summed E-state index contributed by atoms with van der Waals surface area (Å²) in [6, 6.07) is 68.0. The van der Waals surface area contributed by atoms with Crippen LogP contribution >= 0.6 is 22.7 Å². The molecule has 14 rings (SSSR count). The Morgan fingerprint density at radius 2 is 0.773 bits per heavy atom. The number of thiophene rings is 2. The van der Waals surface area contributed by atoms with E-state index in [1.807, 2.05) is 22.7 Å². The topological polar surface area (TPSA) is 62.4 Å². The molecule has 0 aliphatic rings. The lowest BCUT2D eigenvalue weighted by Gasteiger charge is -2.33. The first kappa shape index (κ1) is 37.2. The van der Waals surface area contributed by atoms with Gasteiger partial charge in [0.05, 0.1) is 50.1 Å². The summed E-state index contributed by atoms with van der Waals surface area (Å²) in [5, 5.41) is 35.5. The summed E-state index contributed by atoms with van der Waals surface area (Å²) in [6.07, 6.45) is 0. The Hall–Kier alpha value is -8.20. The number of aromatic nitrogens is 3. The fourth-order valence-electron chi connectivity index (χ4n) is 11.5. The molecule has 308 valence electrons. The van der Waals surface area contributed by atoms with E-state index in [0.717, 1.165) is 76.8 Å². The van der Waals surface area contributed by atoms with Crippen molar-refractivity contribution in [3.63, 3.8) is 0 Å². The minimum Gasteiger partial charge on any atom is -0.331 e. The van der Waals surface area contributed by atoms with Crippen molar-refractivity contribution in [1.82, 2.24) is 13.7 Å². The van der Waals surface area contributed by atoms with Crippen molar-refractivity contribution in [3.8, 4) is 23.5 Å². The summed E-state index contributed by atoms with van der Waals surface area (Å²) in [5.74, 6) is 0. The van der Waals surface area contributed by atoms with E-state index in [-0.39, 0.29) is 0 Å². The minimum atomic E-state index is -0.918. The molecule has 14 aromatic rings. The summed E-state index contributed by atoms with van der Waals surface area (Å²) < 4.78 is 11.9. The van der Waals surface area contributed by atoms with Crippen LogP contribution in [0.4, 0.5) is 0 Å². The second-order valence-electron chi connectivity index (χ2n) is 17.8. The van der Waals surface area contributed by atoms with Crippen molar-refractivity contribution < 1.29 is 0 Å². The van der Waals surface area contributed by atoms with Crippen molar-refractivity contribution in [2.75, 3.05) is 0 Å². The van der Waals surface area contributed by atoms with Gasteiger partial charge in [-0.3, -0.25) is 0 Å². The minimum absolute atomic E-state index is 0.467. The van der Waals surface area contributed by atoms with Crippen LogP contribution in [0.25, 0.3) is 117 Å². The lowest BCUT2D eigenvalue weighted by molar-refractivity contribution is 0.462. The molecule has 0 amide bonds. The number of hydrogen-bond donors (Lipinski definition) is 0. The summed E-state index contributed by atoms with van der Waals surface area (Å²) in [6.45, 7) is 4.35. The number of nitriles is 2. The molecule has 0 radical (unpaired) electrons. The Labute approximate surface area is 386 Å². The fourth-order valence-corrected chi connectivity index (χ4v) is 14.0. The molecule has 7 heteroatoms. The van der Waals surface area contributed by atoms with Crippen molar-refractivity contribution in [3.05, 3.63) is 193 Å². The Morgan fingerprint density at radius 1 is 0.394 bits per heavy atom. The van der Waals surface area contributed by atoms with E-state index in [1.165, 1.54) is 40.3 Å². The molecule has 0 unspecified atom stereocenters. The maximum Gasteiger partial charge on any atom is 0.102 e. The van der Waals surface area contributed by atoms with Gasteiger partial charge in [-0.25, -0.2) is 0 Å². The third-order valence-corrected chi connectivity index (χ3v) is 16.5. The SMILES string of the molecule is CC(C)(c1c(C#N)c(-n2c3ccccc3c3c4sc5ccccc5c4ccc32)cc(-n2c3ccccc3c3c4sc5ccccc5c4ccc32)c1C#N)n1c2ccccc2c2ccccc21. The molecule has 5 heterocycles. The molecule has 66 heavy (non-hydrogen) atoms. The van der Waals surface area contributed by atoms with E-state index in [9.17, 15) is 10.5 Å². The van der Waals surface area contributed by atoms with Gasteiger partial charge in [0.15, 0.2) is 0 Å². The summed E-state index contributed by atoms with van der Waals surface area (Å²) in [4.78, 5) is 0. The molecule has 0 saturated carbocycles. The van der Waals surface area contributed by atoms with Gasteiger partial charge in [-0.2, -0.15) is 10.5 Å². The Balaban J connectivity index is 1.19. The van der Waals surface area contributed by atoms with Crippen LogP contribution in [0.5, 0.6) is 0 Å². The van der Waals surface area contributed by atoms with Crippen LogP contribution in [0.15, 0.2) is 176 Å². The first-order valence-electron chi connectivity index (χ1n) is 22.1. The number of hydrogen-bond acceptors (Lipinski definition) is 4. The number of fused-ring (bicyclic) bond motifs is 17. The Morgan fingerprint density at radius 3 is 1.21 bits per heavy atom. The molecular formula is C59H35N5S2. The standard InChI is InChI=1S/C59H35N5S2/c1-59(2,64-46-23-11-3-15-34(46)35-16-4-12-24-47(35)64)56-42(32-60)50(62-44-21-9-5-19-40(44)54-48(62)29-27-38-36-17-7-13-25-52(36)65-57(38)54)31-51(43(56)33-61)63-45-22-10-6-20-41(45)55-49(63)30-28-39-37-18-8-14-26-53(37)66-58(39)55/h3-31H,1-2H3. The smallest absolute Gasteiger partial charge is 0.102 e. The lowest BCUT2D eigenvalue weighted by Crippen LogP contribution is -2.31. The second-order valence-corrected chi connectivity index (χ2v) is 19.9. The maximum absolute atomic E-state index is 11.9. The third-order valence-electron chi connectivity index (χ3n) is 14.1.